The van der Waals surface area contributed by atoms with Gasteiger partial charge in [0.1, 0.15) is 24.0 Å². The Morgan fingerprint density at radius 3 is 2.63 bits per heavy atom. The van der Waals surface area contributed by atoms with Gasteiger partial charge in [0.05, 0.1) is 47.4 Å². The highest BCUT2D eigenvalue weighted by molar-refractivity contribution is 5.92. The Balaban J connectivity index is 1.14. The van der Waals surface area contributed by atoms with Gasteiger partial charge in [-0.1, -0.05) is 24.3 Å². The van der Waals surface area contributed by atoms with Crippen molar-refractivity contribution < 1.29 is 23.8 Å². The number of ether oxygens (including phenoxy) is 2. The zero-order chi connectivity index (χ0) is 28.3. The van der Waals surface area contributed by atoms with Gasteiger partial charge in [0.25, 0.3) is 0 Å². The first-order valence-electron chi connectivity index (χ1n) is 13.9. The molecule has 0 spiro atoms. The maximum Gasteiger partial charge on any atom is 0.335 e. The Morgan fingerprint density at radius 2 is 1.93 bits per heavy atom. The number of halogens is 1. The van der Waals surface area contributed by atoms with Gasteiger partial charge in [-0.15, -0.1) is 0 Å². The van der Waals surface area contributed by atoms with E-state index < -0.39 is 11.8 Å². The fraction of sp³-hybridized carbons (Fsp3) is 0.344. The van der Waals surface area contributed by atoms with Crippen LogP contribution in [0.1, 0.15) is 58.1 Å². The van der Waals surface area contributed by atoms with E-state index in [-0.39, 0.29) is 23.8 Å². The van der Waals surface area contributed by atoms with Crippen molar-refractivity contribution in [1.82, 2.24) is 14.5 Å². The number of likely N-dealkylation sites (tertiary alicyclic amines) is 1. The molecule has 0 aliphatic carbocycles. The molecule has 2 saturated heterocycles. The molecule has 0 saturated carbocycles. The van der Waals surface area contributed by atoms with E-state index in [0.717, 1.165) is 67.1 Å². The van der Waals surface area contributed by atoms with Crippen molar-refractivity contribution in [2.75, 3.05) is 19.7 Å². The van der Waals surface area contributed by atoms with Crippen molar-refractivity contribution in [3.8, 4) is 11.8 Å². The molecule has 2 aliphatic rings. The van der Waals surface area contributed by atoms with Crippen LogP contribution in [0.25, 0.3) is 11.0 Å². The Labute approximate surface area is 237 Å². The molecule has 1 N–H and O–H groups in total. The Kier molecular flexibility index (Phi) is 7.68. The van der Waals surface area contributed by atoms with Crippen molar-refractivity contribution >= 4 is 17.0 Å². The number of piperidine rings is 1. The van der Waals surface area contributed by atoms with Gasteiger partial charge in [-0.2, -0.15) is 5.26 Å². The van der Waals surface area contributed by atoms with Crippen molar-refractivity contribution in [1.29, 1.82) is 5.26 Å². The summed E-state index contributed by atoms with van der Waals surface area (Å²) >= 11 is 0. The average molecular weight is 555 g/mol. The second-order valence-electron chi connectivity index (χ2n) is 10.7. The fourth-order valence-corrected chi connectivity index (χ4v) is 5.70. The summed E-state index contributed by atoms with van der Waals surface area (Å²) in [6.07, 6.45) is 3.00. The maximum absolute atomic E-state index is 14.4. The number of carboxylic acids is 1. The molecule has 6 rings (SSSR count). The third-order valence-electron chi connectivity index (χ3n) is 8.13. The lowest BCUT2D eigenvalue weighted by atomic mass is 9.89. The van der Waals surface area contributed by atoms with Crippen LogP contribution in [-0.2, 0) is 24.4 Å². The topological polar surface area (TPSA) is 101 Å². The largest absolute Gasteiger partial charge is 0.489 e. The quantitative estimate of drug-likeness (QED) is 0.292. The molecule has 9 heteroatoms. The van der Waals surface area contributed by atoms with Crippen molar-refractivity contribution in [2.24, 2.45) is 0 Å². The molecule has 2 fully saturated rings. The smallest absolute Gasteiger partial charge is 0.335 e. The van der Waals surface area contributed by atoms with E-state index in [9.17, 15) is 14.3 Å². The van der Waals surface area contributed by atoms with E-state index in [4.69, 9.17) is 19.7 Å². The number of aromatic nitrogens is 2. The lowest BCUT2D eigenvalue weighted by Crippen LogP contribution is -2.35. The van der Waals surface area contributed by atoms with Crippen LogP contribution in [-0.4, -0.2) is 51.3 Å². The molecule has 1 atom stereocenters. The van der Waals surface area contributed by atoms with Crippen LogP contribution in [0.5, 0.6) is 5.75 Å². The number of benzene rings is 3. The molecule has 0 amide bonds. The molecule has 0 bridgehead atoms. The number of aromatic carboxylic acids is 1. The number of rotatable bonds is 9. The van der Waals surface area contributed by atoms with Crippen LogP contribution in [0.4, 0.5) is 4.39 Å². The van der Waals surface area contributed by atoms with E-state index in [0.29, 0.717) is 24.6 Å². The highest BCUT2D eigenvalue weighted by Crippen LogP contribution is 2.35. The number of carbonyl (C=O) groups is 1. The highest BCUT2D eigenvalue weighted by Gasteiger charge is 2.26. The molecular formula is C32H31FN4O4. The summed E-state index contributed by atoms with van der Waals surface area (Å²) in [5, 5.41) is 18.5. The molecule has 0 radical (unpaired) electrons. The first kappa shape index (κ1) is 26.9. The lowest BCUT2D eigenvalue weighted by molar-refractivity contribution is -0.0592. The van der Waals surface area contributed by atoms with Gasteiger partial charge in [0.15, 0.2) is 0 Å². The van der Waals surface area contributed by atoms with E-state index in [1.807, 2.05) is 24.3 Å². The molecule has 4 aromatic rings. The monoisotopic (exact) mass is 554 g/mol. The second-order valence-corrected chi connectivity index (χ2v) is 10.7. The normalized spacial score (nSPS) is 17.7. The minimum atomic E-state index is -0.950. The molecule has 3 heterocycles. The zero-order valence-corrected chi connectivity index (χ0v) is 22.6. The van der Waals surface area contributed by atoms with Crippen molar-refractivity contribution in [3.63, 3.8) is 0 Å². The first-order chi connectivity index (χ1) is 20.0. The molecule has 1 unspecified atom stereocenters. The van der Waals surface area contributed by atoms with E-state index in [1.54, 1.807) is 30.3 Å². The van der Waals surface area contributed by atoms with Gasteiger partial charge in [0.2, 0.25) is 0 Å². The maximum atomic E-state index is 14.4. The predicted octanol–water partition coefficient (Wildman–Crippen LogP) is 5.49. The van der Waals surface area contributed by atoms with Crippen LogP contribution in [0.2, 0.25) is 0 Å². The minimum absolute atomic E-state index is 0.0952. The third kappa shape index (κ3) is 5.80. The second kappa shape index (κ2) is 11.7. The molecule has 210 valence electrons. The summed E-state index contributed by atoms with van der Waals surface area (Å²) in [6, 6.07) is 19.4. The van der Waals surface area contributed by atoms with Gasteiger partial charge in [-0.05, 0) is 80.2 Å². The van der Waals surface area contributed by atoms with Gasteiger partial charge in [-0.3, -0.25) is 4.90 Å². The Morgan fingerprint density at radius 1 is 1.12 bits per heavy atom. The van der Waals surface area contributed by atoms with Crippen LogP contribution in [0.15, 0.2) is 60.7 Å². The zero-order valence-electron chi connectivity index (χ0n) is 22.6. The third-order valence-corrected chi connectivity index (χ3v) is 8.13. The average Bonchev–Trinajstić information content (AvgIpc) is 3.30. The number of hydrogen-bond donors (Lipinski definition) is 1. The standard InChI is InChI=1S/C32H31FN4O4/c33-27-15-21(17-34)5-6-24(27)20-41-30-4-2-1-3-26(30)22-9-12-36(13-10-22)19-31-35-28-8-7-23(32(38)39)16-29(28)37(31)18-25-11-14-40-25/h1-8,15-16,22,25H,9-14,18-20H2,(H,38,39). The summed E-state index contributed by atoms with van der Waals surface area (Å²) in [6.45, 7) is 3.95. The van der Waals surface area contributed by atoms with E-state index in [2.05, 4.69) is 15.5 Å². The van der Waals surface area contributed by atoms with Crippen molar-refractivity contribution in [3.05, 3.63) is 94.6 Å². The summed E-state index contributed by atoms with van der Waals surface area (Å²) in [5.74, 6) is 0.600. The van der Waals surface area contributed by atoms with Crippen LogP contribution < -0.4 is 4.74 Å². The Hall–Kier alpha value is -4.26. The van der Waals surface area contributed by atoms with Gasteiger partial charge in [0, 0.05) is 12.2 Å². The molecule has 1 aromatic heterocycles. The summed E-state index contributed by atoms with van der Waals surface area (Å²) in [7, 11) is 0. The molecular weight excluding hydrogens is 523 g/mol. The van der Waals surface area contributed by atoms with Gasteiger partial charge in [-0.25, -0.2) is 14.2 Å². The number of hydrogen-bond acceptors (Lipinski definition) is 6. The SMILES string of the molecule is N#Cc1ccc(COc2ccccc2C2CCN(Cc3nc4ccc(C(=O)O)cc4n3CC3CCO3)CC2)c(F)c1. The number of fused-ring (bicyclic) bond motifs is 1. The summed E-state index contributed by atoms with van der Waals surface area (Å²) < 4.78 is 28.3. The van der Waals surface area contributed by atoms with Crippen molar-refractivity contribution in [2.45, 2.75) is 51.0 Å². The molecule has 2 aliphatic heterocycles. The lowest BCUT2D eigenvalue weighted by Gasteiger charge is -2.33. The van der Waals surface area contributed by atoms with Gasteiger partial charge < -0.3 is 19.1 Å². The van der Waals surface area contributed by atoms with E-state index in [1.165, 1.54) is 6.07 Å². The summed E-state index contributed by atoms with van der Waals surface area (Å²) in [4.78, 5) is 18.9. The summed E-state index contributed by atoms with van der Waals surface area (Å²) in [5.41, 5.74) is 3.70. The van der Waals surface area contributed by atoms with Gasteiger partial charge >= 0.3 is 5.97 Å². The predicted molar refractivity (Wildman–Crippen MR) is 150 cm³/mol. The minimum Gasteiger partial charge on any atom is -0.489 e. The number of nitrogens with zero attached hydrogens (tertiary/aromatic N) is 4. The van der Waals surface area contributed by atoms with E-state index >= 15 is 0 Å². The number of para-hydroxylation sites is 1. The van der Waals surface area contributed by atoms with Crippen LogP contribution >= 0.6 is 0 Å². The first-order valence-corrected chi connectivity index (χ1v) is 13.9. The van der Waals surface area contributed by atoms with Crippen LogP contribution in [0.3, 0.4) is 0 Å². The molecule has 3 aromatic carbocycles. The molecule has 8 nitrogen and oxygen atoms in total. The number of imidazole rings is 1. The fourth-order valence-electron chi connectivity index (χ4n) is 5.70. The number of nitriles is 1. The Bertz CT molecular complexity index is 1620. The van der Waals surface area contributed by atoms with Crippen LogP contribution in [0, 0.1) is 17.1 Å². The number of carboxylic acid groups (broad SMARTS) is 1. The highest BCUT2D eigenvalue weighted by atomic mass is 19.1. The molecule has 41 heavy (non-hydrogen) atoms.